The van der Waals surface area contributed by atoms with Gasteiger partial charge in [0.05, 0.1) is 0 Å². The second-order valence-corrected chi connectivity index (χ2v) is 6.94. The molecule has 0 saturated heterocycles. The topological polar surface area (TPSA) is 45.2 Å². The van der Waals surface area contributed by atoms with E-state index in [-0.39, 0.29) is 11.3 Å². The van der Waals surface area contributed by atoms with Gasteiger partial charge in [0.2, 0.25) is 5.91 Å². The minimum atomic E-state index is -0.322. The Labute approximate surface area is 148 Å². The van der Waals surface area contributed by atoms with Gasteiger partial charge in [0.15, 0.2) is 0 Å². The number of hydrogen-bond donors (Lipinski definition) is 1. The molecule has 1 N–H and O–H groups in total. The van der Waals surface area contributed by atoms with Crippen LogP contribution >= 0.6 is 0 Å². The molecule has 2 unspecified atom stereocenters. The molecule has 4 heteroatoms. The minimum Gasteiger partial charge on any atom is -0.356 e. The van der Waals surface area contributed by atoms with Crippen LogP contribution in [0.25, 0.3) is 0 Å². The summed E-state index contributed by atoms with van der Waals surface area (Å²) in [7, 11) is 0. The molecule has 0 bridgehead atoms. The number of aromatic nitrogens is 1. The average molecular weight is 334 g/mol. The van der Waals surface area contributed by atoms with Crippen molar-refractivity contribution in [3.8, 4) is 0 Å². The van der Waals surface area contributed by atoms with Crippen molar-refractivity contribution in [3.63, 3.8) is 0 Å². The maximum atomic E-state index is 12.7. The molecule has 0 aromatic carbocycles. The van der Waals surface area contributed by atoms with Crippen LogP contribution in [0.15, 0.2) is 24.5 Å². The Kier molecular flexibility index (Phi) is 8.98. The normalized spacial score (nSPS) is 15.1. The minimum absolute atomic E-state index is 0.186. The molecule has 1 heterocycles. The first kappa shape index (κ1) is 20.6. The maximum absolute atomic E-state index is 12.7. The van der Waals surface area contributed by atoms with Crippen LogP contribution in [0.5, 0.6) is 0 Å². The molecular formula is C20H35N3O. The lowest BCUT2D eigenvalue weighted by atomic mass is 9.76. The highest BCUT2D eigenvalue weighted by molar-refractivity contribution is 5.82. The molecule has 1 aromatic rings. The fraction of sp³-hybridized carbons (Fsp3) is 0.700. The molecule has 0 radical (unpaired) electrons. The van der Waals surface area contributed by atoms with Gasteiger partial charge in [-0.2, -0.15) is 0 Å². The Morgan fingerprint density at radius 1 is 1.25 bits per heavy atom. The summed E-state index contributed by atoms with van der Waals surface area (Å²) in [6.45, 7) is 14.7. The molecule has 0 aliphatic carbocycles. The van der Waals surface area contributed by atoms with E-state index >= 15 is 0 Å². The van der Waals surface area contributed by atoms with Crippen LogP contribution in [-0.4, -0.2) is 42.0 Å². The lowest BCUT2D eigenvalue weighted by Crippen LogP contribution is -2.40. The van der Waals surface area contributed by atoms with Gasteiger partial charge in [-0.1, -0.05) is 34.6 Å². The third-order valence-electron chi connectivity index (χ3n) is 5.19. The van der Waals surface area contributed by atoms with Gasteiger partial charge in [-0.3, -0.25) is 9.78 Å². The Morgan fingerprint density at radius 3 is 2.42 bits per heavy atom. The van der Waals surface area contributed by atoms with Gasteiger partial charge in [0.1, 0.15) is 0 Å². The zero-order valence-corrected chi connectivity index (χ0v) is 16.1. The van der Waals surface area contributed by atoms with E-state index in [4.69, 9.17) is 0 Å². The molecular weight excluding hydrogens is 298 g/mol. The lowest BCUT2D eigenvalue weighted by molar-refractivity contribution is -0.131. The monoisotopic (exact) mass is 333 g/mol. The van der Waals surface area contributed by atoms with Crippen molar-refractivity contribution in [1.29, 1.82) is 0 Å². The molecule has 0 aliphatic heterocycles. The highest BCUT2D eigenvalue weighted by atomic mass is 16.2. The van der Waals surface area contributed by atoms with Crippen molar-refractivity contribution in [3.05, 3.63) is 30.1 Å². The predicted octanol–water partition coefficient (Wildman–Crippen LogP) is 3.84. The molecule has 0 aliphatic rings. The molecule has 1 rings (SSSR count). The second-order valence-electron chi connectivity index (χ2n) is 6.94. The number of hydrogen-bond acceptors (Lipinski definition) is 3. The van der Waals surface area contributed by atoms with Crippen molar-refractivity contribution < 1.29 is 4.79 Å². The van der Waals surface area contributed by atoms with Crippen molar-refractivity contribution in [2.24, 2.45) is 5.41 Å². The van der Waals surface area contributed by atoms with Crippen LogP contribution in [0, 0.1) is 5.41 Å². The Hall–Kier alpha value is -1.42. The summed E-state index contributed by atoms with van der Waals surface area (Å²) in [4.78, 5) is 19.2. The number of nitrogens with zero attached hydrogens (tertiary/aromatic N) is 2. The van der Waals surface area contributed by atoms with E-state index in [0.717, 1.165) is 45.4 Å². The van der Waals surface area contributed by atoms with Crippen LogP contribution in [0.1, 0.15) is 65.4 Å². The van der Waals surface area contributed by atoms with Crippen LogP contribution < -0.4 is 5.32 Å². The molecule has 0 fully saturated rings. The molecule has 4 nitrogen and oxygen atoms in total. The SMILES string of the molecule is CCN(CC)CCCNC(=O)C(C)(CC)CC(C)c1ccncc1. The summed E-state index contributed by atoms with van der Waals surface area (Å²) in [5.41, 5.74) is 0.928. The number of rotatable bonds is 11. The first-order valence-corrected chi connectivity index (χ1v) is 9.37. The summed E-state index contributed by atoms with van der Waals surface area (Å²) >= 11 is 0. The second kappa shape index (κ2) is 10.4. The third-order valence-corrected chi connectivity index (χ3v) is 5.19. The zero-order chi connectivity index (χ0) is 18.0. The van der Waals surface area contributed by atoms with Crippen LogP contribution in [0.3, 0.4) is 0 Å². The largest absolute Gasteiger partial charge is 0.356 e. The zero-order valence-electron chi connectivity index (χ0n) is 16.1. The Bertz CT molecular complexity index is 473. The number of pyridine rings is 1. The quantitative estimate of drug-likeness (QED) is 0.626. The average Bonchev–Trinajstić information content (AvgIpc) is 2.62. The van der Waals surface area contributed by atoms with Gasteiger partial charge in [-0.15, -0.1) is 0 Å². The Balaban J connectivity index is 2.51. The number of nitrogens with one attached hydrogen (secondary N) is 1. The van der Waals surface area contributed by atoms with Crippen LogP contribution in [-0.2, 0) is 4.79 Å². The highest BCUT2D eigenvalue weighted by Gasteiger charge is 2.33. The molecule has 136 valence electrons. The van der Waals surface area contributed by atoms with E-state index in [1.165, 1.54) is 5.56 Å². The fourth-order valence-electron chi connectivity index (χ4n) is 3.14. The molecule has 1 amide bonds. The van der Waals surface area contributed by atoms with Gasteiger partial charge in [0, 0.05) is 24.4 Å². The van der Waals surface area contributed by atoms with Crippen molar-refractivity contribution in [2.75, 3.05) is 26.2 Å². The number of amides is 1. The van der Waals surface area contributed by atoms with E-state index in [9.17, 15) is 4.79 Å². The van der Waals surface area contributed by atoms with Gasteiger partial charge in [0.25, 0.3) is 0 Å². The molecule has 0 saturated carbocycles. The highest BCUT2D eigenvalue weighted by Crippen LogP contribution is 2.34. The standard InChI is InChI=1S/C20H35N3O/c1-6-20(5,16-17(4)18-10-13-21-14-11-18)19(24)22-12-9-15-23(7-2)8-3/h10-11,13-14,17H,6-9,12,15-16H2,1-5H3,(H,22,24). The van der Waals surface area contributed by atoms with Crippen LogP contribution in [0.4, 0.5) is 0 Å². The van der Waals surface area contributed by atoms with E-state index in [1.54, 1.807) is 0 Å². The summed E-state index contributed by atoms with van der Waals surface area (Å²) < 4.78 is 0. The summed E-state index contributed by atoms with van der Waals surface area (Å²) in [5.74, 6) is 0.532. The van der Waals surface area contributed by atoms with Crippen molar-refractivity contribution in [1.82, 2.24) is 15.2 Å². The van der Waals surface area contributed by atoms with Crippen LogP contribution in [0.2, 0.25) is 0 Å². The maximum Gasteiger partial charge on any atom is 0.225 e. The smallest absolute Gasteiger partial charge is 0.225 e. The van der Waals surface area contributed by atoms with Gasteiger partial charge < -0.3 is 10.2 Å². The molecule has 2 atom stereocenters. The summed E-state index contributed by atoms with van der Waals surface area (Å²) in [6.07, 6.45) is 6.36. The van der Waals surface area contributed by atoms with Gasteiger partial charge >= 0.3 is 0 Å². The predicted molar refractivity (Wildman–Crippen MR) is 101 cm³/mol. The summed E-state index contributed by atoms with van der Waals surface area (Å²) in [6, 6.07) is 4.09. The Morgan fingerprint density at radius 2 is 1.88 bits per heavy atom. The first-order chi connectivity index (χ1) is 11.5. The van der Waals surface area contributed by atoms with E-state index < -0.39 is 0 Å². The van der Waals surface area contributed by atoms with Crippen molar-refractivity contribution in [2.45, 2.75) is 59.8 Å². The first-order valence-electron chi connectivity index (χ1n) is 9.37. The van der Waals surface area contributed by atoms with Gasteiger partial charge in [-0.25, -0.2) is 0 Å². The molecule has 0 spiro atoms. The number of carbonyl (C=O) groups is 1. The van der Waals surface area contributed by atoms with Gasteiger partial charge in [-0.05, 0) is 62.5 Å². The lowest BCUT2D eigenvalue weighted by Gasteiger charge is -2.30. The van der Waals surface area contributed by atoms with E-state index in [0.29, 0.717) is 5.92 Å². The fourth-order valence-corrected chi connectivity index (χ4v) is 3.14. The number of carbonyl (C=O) groups excluding carboxylic acids is 1. The van der Waals surface area contributed by atoms with E-state index in [1.807, 2.05) is 24.5 Å². The molecule has 1 aromatic heterocycles. The van der Waals surface area contributed by atoms with E-state index in [2.05, 4.69) is 49.8 Å². The molecule has 24 heavy (non-hydrogen) atoms. The third kappa shape index (κ3) is 6.23. The summed E-state index contributed by atoms with van der Waals surface area (Å²) in [5, 5.41) is 3.16. The van der Waals surface area contributed by atoms with Crippen molar-refractivity contribution >= 4 is 5.91 Å².